The molecule has 0 aromatic rings. The van der Waals surface area contributed by atoms with E-state index in [1.54, 1.807) is 6.42 Å². The van der Waals surface area contributed by atoms with Crippen LogP contribution < -0.4 is 0 Å². The van der Waals surface area contributed by atoms with Gasteiger partial charge in [0.25, 0.3) is 0 Å². The van der Waals surface area contributed by atoms with E-state index in [9.17, 15) is 0 Å². The van der Waals surface area contributed by atoms with E-state index in [2.05, 4.69) is 27.7 Å². The molecule has 0 heterocycles. The minimum atomic E-state index is 0.955. The van der Waals surface area contributed by atoms with Gasteiger partial charge in [-0.25, -0.2) is 0 Å². The van der Waals surface area contributed by atoms with E-state index in [1.807, 2.05) is 0 Å². The van der Waals surface area contributed by atoms with Crippen LogP contribution in [0, 0.1) is 35.5 Å². The summed E-state index contributed by atoms with van der Waals surface area (Å²) in [6.07, 6.45) is 8.96. The highest BCUT2D eigenvalue weighted by molar-refractivity contribution is 4.95. The SMILES string of the molecule is CCC(C)CCC1C(C)C1CCC1CC1C. The molecule has 0 radical (unpaired) electrons. The lowest BCUT2D eigenvalue weighted by atomic mass is 9.99. The summed E-state index contributed by atoms with van der Waals surface area (Å²) < 4.78 is 0. The molecule has 6 unspecified atom stereocenters. The second kappa shape index (κ2) is 5.10. The lowest BCUT2D eigenvalue weighted by molar-refractivity contribution is 0.453. The molecule has 0 aromatic heterocycles. The molecule has 2 saturated carbocycles. The Labute approximate surface area is 102 Å². The van der Waals surface area contributed by atoms with Gasteiger partial charge in [0.05, 0.1) is 0 Å². The first-order valence-corrected chi connectivity index (χ1v) is 7.63. The van der Waals surface area contributed by atoms with Crippen LogP contribution in [0.15, 0.2) is 0 Å². The highest BCUT2D eigenvalue weighted by Crippen LogP contribution is 2.54. The van der Waals surface area contributed by atoms with Crippen LogP contribution in [0.4, 0.5) is 0 Å². The summed E-state index contributed by atoms with van der Waals surface area (Å²) in [5.41, 5.74) is 0. The van der Waals surface area contributed by atoms with Crippen molar-refractivity contribution in [3.05, 3.63) is 0 Å². The Balaban J connectivity index is 1.58. The van der Waals surface area contributed by atoms with Gasteiger partial charge in [0.1, 0.15) is 0 Å². The first kappa shape index (κ1) is 12.5. The Morgan fingerprint density at radius 3 is 2.25 bits per heavy atom. The van der Waals surface area contributed by atoms with Gasteiger partial charge in [0.2, 0.25) is 0 Å². The second-order valence-corrected chi connectivity index (χ2v) is 6.83. The van der Waals surface area contributed by atoms with Crippen molar-refractivity contribution < 1.29 is 0 Å². The summed E-state index contributed by atoms with van der Waals surface area (Å²) in [7, 11) is 0. The van der Waals surface area contributed by atoms with Crippen LogP contribution in [0.3, 0.4) is 0 Å². The van der Waals surface area contributed by atoms with Gasteiger partial charge in [-0.3, -0.25) is 0 Å². The zero-order chi connectivity index (χ0) is 11.7. The van der Waals surface area contributed by atoms with Crippen molar-refractivity contribution in [3.8, 4) is 0 Å². The van der Waals surface area contributed by atoms with Gasteiger partial charge in [-0.15, -0.1) is 0 Å². The maximum absolute atomic E-state index is 2.49. The van der Waals surface area contributed by atoms with Gasteiger partial charge in [0.15, 0.2) is 0 Å². The summed E-state index contributed by atoms with van der Waals surface area (Å²) in [6.45, 7) is 9.64. The molecule has 0 aromatic carbocycles. The Bertz CT molecular complexity index is 206. The molecule has 0 heteroatoms. The molecule has 16 heavy (non-hydrogen) atoms. The topological polar surface area (TPSA) is 0 Å². The van der Waals surface area contributed by atoms with Crippen molar-refractivity contribution in [3.63, 3.8) is 0 Å². The largest absolute Gasteiger partial charge is 0.0651 e. The van der Waals surface area contributed by atoms with Gasteiger partial charge >= 0.3 is 0 Å². The van der Waals surface area contributed by atoms with Crippen LogP contribution in [-0.4, -0.2) is 0 Å². The van der Waals surface area contributed by atoms with Gasteiger partial charge < -0.3 is 0 Å². The van der Waals surface area contributed by atoms with Crippen molar-refractivity contribution in [1.82, 2.24) is 0 Å². The Morgan fingerprint density at radius 2 is 1.69 bits per heavy atom. The molecule has 0 amide bonds. The average Bonchev–Trinajstić information content (AvgIpc) is 3.12. The molecule has 0 spiro atoms. The Morgan fingerprint density at radius 1 is 1.06 bits per heavy atom. The van der Waals surface area contributed by atoms with Crippen LogP contribution in [0.2, 0.25) is 0 Å². The first-order valence-electron chi connectivity index (χ1n) is 7.63. The number of hydrogen-bond donors (Lipinski definition) is 0. The van der Waals surface area contributed by atoms with Gasteiger partial charge in [-0.1, -0.05) is 40.5 Å². The maximum atomic E-state index is 2.49. The van der Waals surface area contributed by atoms with E-state index in [-0.39, 0.29) is 0 Å². The van der Waals surface area contributed by atoms with E-state index in [0.717, 1.165) is 35.5 Å². The molecule has 0 N–H and O–H groups in total. The lowest BCUT2D eigenvalue weighted by Gasteiger charge is -2.07. The molecule has 6 atom stereocenters. The molecule has 2 fully saturated rings. The fourth-order valence-corrected chi connectivity index (χ4v) is 3.48. The molecule has 2 aliphatic rings. The van der Waals surface area contributed by atoms with Crippen molar-refractivity contribution in [2.24, 2.45) is 35.5 Å². The van der Waals surface area contributed by atoms with E-state index in [0.29, 0.717) is 0 Å². The maximum Gasteiger partial charge on any atom is -0.0355 e. The van der Waals surface area contributed by atoms with Gasteiger partial charge in [0, 0.05) is 0 Å². The minimum Gasteiger partial charge on any atom is -0.0651 e. The van der Waals surface area contributed by atoms with Crippen molar-refractivity contribution in [2.45, 2.75) is 66.2 Å². The van der Waals surface area contributed by atoms with Crippen LogP contribution in [0.1, 0.15) is 66.2 Å². The summed E-state index contributed by atoms with van der Waals surface area (Å²) in [4.78, 5) is 0. The quantitative estimate of drug-likeness (QED) is 0.560. The van der Waals surface area contributed by atoms with Crippen LogP contribution in [-0.2, 0) is 0 Å². The molecule has 0 saturated heterocycles. The highest BCUT2D eigenvalue weighted by atomic mass is 14.5. The number of hydrogen-bond acceptors (Lipinski definition) is 0. The molecule has 0 aliphatic heterocycles. The van der Waals surface area contributed by atoms with E-state index in [1.165, 1.54) is 32.1 Å². The highest BCUT2D eigenvalue weighted by Gasteiger charge is 2.46. The fourth-order valence-electron chi connectivity index (χ4n) is 3.48. The van der Waals surface area contributed by atoms with Crippen molar-refractivity contribution >= 4 is 0 Å². The zero-order valence-corrected chi connectivity index (χ0v) is 11.7. The number of rotatable bonds is 7. The third kappa shape index (κ3) is 3.02. The van der Waals surface area contributed by atoms with Gasteiger partial charge in [-0.05, 0) is 61.2 Å². The van der Waals surface area contributed by atoms with E-state index in [4.69, 9.17) is 0 Å². The molecule has 2 rings (SSSR count). The lowest BCUT2D eigenvalue weighted by Crippen LogP contribution is -1.94. The third-order valence-corrected chi connectivity index (χ3v) is 5.60. The van der Waals surface area contributed by atoms with E-state index >= 15 is 0 Å². The van der Waals surface area contributed by atoms with Crippen molar-refractivity contribution in [2.75, 3.05) is 0 Å². The average molecular weight is 222 g/mol. The van der Waals surface area contributed by atoms with Crippen LogP contribution in [0.25, 0.3) is 0 Å². The summed E-state index contributed by atoms with van der Waals surface area (Å²) in [6, 6.07) is 0. The smallest absolute Gasteiger partial charge is 0.0355 e. The Kier molecular flexibility index (Phi) is 3.97. The fraction of sp³-hybridized carbons (Fsp3) is 1.00. The molecule has 94 valence electrons. The van der Waals surface area contributed by atoms with Crippen LogP contribution >= 0.6 is 0 Å². The monoisotopic (exact) mass is 222 g/mol. The third-order valence-electron chi connectivity index (χ3n) is 5.60. The Hall–Kier alpha value is 0. The van der Waals surface area contributed by atoms with E-state index < -0.39 is 0 Å². The first-order chi connectivity index (χ1) is 7.63. The molecular weight excluding hydrogens is 192 g/mol. The van der Waals surface area contributed by atoms with Crippen molar-refractivity contribution in [1.29, 1.82) is 0 Å². The predicted octanol–water partition coefficient (Wildman–Crippen LogP) is 5.13. The zero-order valence-electron chi connectivity index (χ0n) is 11.7. The summed E-state index contributed by atoms with van der Waals surface area (Å²) in [5, 5.41) is 0. The molecule has 0 bridgehead atoms. The molecule has 2 aliphatic carbocycles. The standard InChI is InChI=1S/C16H30/c1-5-11(2)6-8-15-13(4)16(15)9-7-14-10-12(14)3/h11-16H,5-10H2,1-4H3. The predicted molar refractivity (Wildman–Crippen MR) is 71.3 cm³/mol. The second-order valence-electron chi connectivity index (χ2n) is 6.83. The normalized spacial score (nSPS) is 43.1. The summed E-state index contributed by atoms with van der Waals surface area (Å²) >= 11 is 0. The minimum absolute atomic E-state index is 0.955. The van der Waals surface area contributed by atoms with Crippen LogP contribution in [0.5, 0.6) is 0 Å². The molecule has 0 nitrogen and oxygen atoms in total. The van der Waals surface area contributed by atoms with Gasteiger partial charge in [-0.2, -0.15) is 0 Å². The molecular formula is C16H30. The summed E-state index contributed by atoms with van der Waals surface area (Å²) in [5.74, 6) is 6.39.